The smallest absolute Gasteiger partial charge is 0.232 e. The van der Waals surface area contributed by atoms with Crippen LogP contribution in [-0.4, -0.2) is 24.5 Å². The van der Waals surface area contributed by atoms with Gasteiger partial charge in [0.25, 0.3) is 0 Å². The van der Waals surface area contributed by atoms with Crippen LogP contribution in [0, 0.1) is 0 Å². The second-order valence-electron chi connectivity index (χ2n) is 5.97. The van der Waals surface area contributed by atoms with Crippen LogP contribution in [0.3, 0.4) is 0 Å². The summed E-state index contributed by atoms with van der Waals surface area (Å²) in [5, 5.41) is 4.17. The van der Waals surface area contributed by atoms with Crippen LogP contribution in [0.5, 0.6) is 0 Å². The number of benzene rings is 1. The number of aromatic nitrogens is 5. The van der Waals surface area contributed by atoms with E-state index in [9.17, 15) is 0 Å². The molecule has 3 N–H and O–H groups in total. The minimum absolute atomic E-state index is 0.0153. The molecule has 7 nitrogen and oxygen atoms in total. The van der Waals surface area contributed by atoms with Crippen LogP contribution in [0.4, 0.5) is 17.6 Å². The SMILES string of the molecule is CC(Sc1nccn1C1CC1)c1nc(N)nc(Nc2ccccc2)n1. The molecule has 0 saturated heterocycles. The van der Waals surface area contributed by atoms with E-state index in [0.717, 1.165) is 10.8 Å². The third-order valence-electron chi connectivity index (χ3n) is 3.92. The fourth-order valence-electron chi connectivity index (χ4n) is 2.53. The van der Waals surface area contributed by atoms with Crippen LogP contribution in [-0.2, 0) is 0 Å². The van der Waals surface area contributed by atoms with Gasteiger partial charge in [-0.3, -0.25) is 0 Å². The molecule has 1 unspecified atom stereocenters. The first-order chi connectivity index (χ1) is 12.2. The molecule has 128 valence electrons. The molecular weight excluding hydrogens is 334 g/mol. The zero-order chi connectivity index (χ0) is 17.2. The third-order valence-corrected chi connectivity index (χ3v) is 5.01. The first-order valence-corrected chi connectivity index (χ1v) is 9.10. The van der Waals surface area contributed by atoms with Gasteiger partial charge in [0.15, 0.2) is 5.16 Å². The van der Waals surface area contributed by atoms with Crippen LogP contribution >= 0.6 is 11.8 Å². The summed E-state index contributed by atoms with van der Waals surface area (Å²) in [7, 11) is 0. The number of nitrogen functional groups attached to an aromatic ring is 1. The van der Waals surface area contributed by atoms with E-state index in [-0.39, 0.29) is 11.2 Å². The van der Waals surface area contributed by atoms with E-state index in [4.69, 9.17) is 5.73 Å². The third kappa shape index (κ3) is 3.74. The van der Waals surface area contributed by atoms with Gasteiger partial charge >= 0.3 is 0 Å². The highest BCUT2D eigenvalue weighted by Gasteiger charge is 2.26. The lowest BCUT2D eigenvalue weighted by atomic mass is 10.3. The largest absolute Gasteiger partial charge is 0.368 e. The Morgan fingerprint density at radius 1 is 1.20 bits per heavy atom. The van der Waals surface area contributed by atoms with Crippen LogP contribution in [0.25, 0.3) is 0 Å². The highest BCUT2D eigenvalue weighted by atomic mass is 32.2. The van der Waals surface area contributed by atoms with Gasteiger partial charge in [-0.1, -0.05) is 30.0 Å². The van der Waals surface area contributed by atoms with Crippen molar-refractivity contribution >= 4 is 29.3 Å². The molecule has 0 spiro atoms. The van der Waals surface area contributed by atoms with E-state index in [1.165, 1.54) is 12.8 Å². The Hall–Kier alpha value is -2.61. The molecule has 0 radical (unpaired) electrons. The second kappa shape index (κ2) is 6.72. The van der Waals surface area contributed by atoms with Gasteiger partial charge in [-0.25, -0.2) is 4.98 Å². The maximum absolute atomic E-state index is 5.88. The summed E-state index contributed by atoms with van der Waals surface area (Å²) in [5.41, 5.74) is 6.79. The zero-order valence-corrected chi connectivity index (χ0v) is 14.6. The normalized spacial score (nSPS) is 15.1. The van der Waals surface area contributed by atoms with Crippen LogP contribution in [0.2, 0.25) is 0 Å². The molecule has 1 aromatic carbocycles. The first kappa shape index (κ1) is 15.9. The summed E-state index contributed by atoms with van der Waals surface area (Å²) in [6, 6.07) is 10.3. The van der Waals surface area contributed by atoms with Crippen LogP contribution < -0.4 is 11.1 Å². The van der Waals surface area contributed by atoms with E-state index in [1.54, 1.807) is 11.8 Å². The average Bonchev–Trinajstić information content (AvgIpc) is 3.35. The Balaban J connectivity index is 1.53. The van der Waals surface area contributed by atoms with E-state index >= 15 is 0 Å². The molecule has 2 aromatic heterocycles. The van der Waals surface area contributed by atoms with Gasteiger partial charge in [0.05, 0.1) is 5.25 Å². The fraction of sp³-hybridized carbons (Fsp3) is 0.294. The minimum atomic E-state index is 0.0153. The van der Waals surface area contributed by atoms with Gasteiger partial charge in [0.1, 0.15) is 5.82 Å². The molecule has 1 fully saturated rings. The molecule has 0 aliphatic heterocycles. The first-order valence-electron chi connectivity index (χ1n) is 8.22. The summed E-state index contributed by atoms with van der Waals surface area (Å²) in [5.74, 6) is 1.30. The van der Waals surface area contributed by atoms with Crippen molar-refractivity contribution in [3.8, 4) is 0 Å². The van der Waals surface area contributed by atoms with Crippen molar-refractivity contribution in [2.24, 2.45) is 0 Å². The number of nitrogens with two attached hydrogens (primary N) is 1. The topological polar surface area (TPSA) is 94.5 Å². The minimum Gasteiger partial charge on any atom is -0.368 e. The number of nitrogens with one attached hydrogen (secondary N) is 1. The number of imidazole rings is 1. The molecule has 0 bridgehead atoms. The number of nitrogens with zero attached hydrogens (tertiary/aromatic N) is 5. The predicted octanol–water partition coefficient (Wildman–Crippen LogP) is 3.58. The Bertz CT molecular complexity index is 860. The molecule has 1 saturated carbocycles. The van der Waals surface area contributed by atoms with Gasteiger partial charge < -0.3 is 15.6 Å². The Kier molecular flexibility index (Phi) is 4.27. The molecule has 1 aliphatic carbocycles. The molecule has 1 aliphatic rings. The summed E-state index contributed by atoms with van der Waals surface area (Å²) in [6.45, 7) is 2.05. The van der Waals surface area contributed by atoms with Crippen LogP contribution in [0.15, 0.2) is 47.9 Å². The molecule has 8 heteroatoms. The monoisotopic (exact) mass is 353 g/mol. The van der Waals surface area contributed by atoms with Crippen LogP contribution in [0.1, 0.15) is 36.9 Å². The number of anilines is 3. The fourth-order valence-corrected chi connectivity index (χ4v) is 3.51. The predicted molar refractivity (Wildman–Crippen MR) is 98.7 cm³/mol. The Labute approximate surface area is 150 Å². The average molecular weight is 353 g/mol. The molecule has 1 atom stereocenters. The summed E-state index contributed by atoms with van der Waals surface area (Å²) in [4.78, 5) is 17.5. The molecule has 25 heavy (non-hydrogen) atoms. The highest BCUT2D eigenvalue weighted by molar-refractivity contribution is 7.99. The number of thioether (sulfide) groups is 1. The van der Waals surface area contributed by atoms with Crippen molar-refractivity contribution in [2.75, 3.05) is 11.1 Å². The summed E-state index contributed by atoms with van der Waals surface area (Å²) < 4.78 is 2.23. The van der Waals surface area contributed by atoms with Gasteiger partial charge in [0.2, 0.25) is 11.9 Å². The maximum atomic E-state index is 5.88. The van der Waals surface area contributed by atoms with Gasteiger partial charge in [-0.05, 0) is 31.9 Å². The van der Waals surface area contributed by atoms with Crippen molar-refractivity contribution < 1.29 is 0 Å². The number of rotatable bonds is 6. The maximum Gasteiger partial charge on any atom is 0.232 e. The lowest BCUT2D eigenvalue weighted by molar-refractivity contribution is 0.661. The Morgan fingerprint density at radius 2 is 2.00 bits per heavy atom. The molecule has 3 aromatic rings. The quantitative estimate of drug-likeness (QED) is 0.654. The molecule has 2 heterocycles. The van der Waals surface area contributed by atoms with Crippen molar-refractivity contribution in [3.63, 3.8) is 0 Å². The van der Waals surface area contributed by atoms with Gasteiger partial charge in [-0.15, -0.1) is 0 Å². The van der Waals surface area contributed by atoms with Crippen molar-refractivity contribution in [1.82, 2.24) is 24.5 Å². The van der Waals surface area contributed by atoms with E-state index in [2.05, 4.69) is 36.7 Å². The summed E-state index contributed by atoms with van der Waals surface area (Å²) in [6.07, 6.45) is 6.33. The lowest BCUT2D eigenvalue weighted by Crippen LogP contribution is -2.08. The van der Waals surface area contributed by atoms with Gasteiger partial charge in [0, 0.05) is 24.1 Å². The summed E-state index contributed by atoms with van der Waals surface area (Å²) >= 11 is 1.64. The second-order valence-corrected chi connectivity index (χ2v) is 7.28. The van der Waals surface area contributed by atoms with E-state index < -0.39 is 0 Å². The molecule has 0 amide bonds. The number of hydrogen-bond donors (Lipinski definition) is 2. The van der Waals surface area contributed by atoms with Crippen molar-refractivity contribution in [1.29, 1.82) is 0 Å². The standard InChI is InChI=1S/C17H19N7S/c1-11(25-17-19-9-10-24(17)13-7-8-13)14-21-15(18)23-16(22-14)20-12-5-3-2-4-6-12/h2-6,9-11,13H,7-8H2,1H3,(H3,18,20,21,22,23). The van der Waals surface area contributed by atoms with E-state index in [1.807, 2.05) is 42.7 Å². The highest BCUT2D eigenvalue weighted by Crippen LogP contribution is 2.40. The zero-order valence-electron chi connectivity index (χ0n) is 13.8. The van der Waals surface area contributed by atoms with E-state index in [0.29, 0.717) is 17.8 Å². The number of hydrogen-bond acceptors (Lipinski definition) is 7. The molecule has 4 rings (SSSR count). The Morgan fingerprint density at radius 3 is 2.76 bits per heavy atom. The lowest BCUT2D eigenvalue weighted by Gasteiger charge is -2.13. The van der Waals surface area contributed by atoms with Crippen molar-refractivity contribution in [3.05, 3.63) is 48.5 Å². The molecular formula is C17H19N7S. The van der Waals surface area contributed by atoms with Crippen molar-refractivity contribution in [2.45, 2.75) is 36.2 Å². The van der Waals surface area contributed by atoms with Gasteiger partial charge in [-0.2, -0.15) is 15.0 Å². The number of para-hydroxylation sites is 1.